The second-order valence-corrected chi connectivity index (χ2v) is 8.67. The predicted molar refractivity (Wildman–Crippen MR) is 108 cm³/mol. The van der Waals surface area contributed by atoms with Gasteiger partial charge in [0.05, 0.1) is 10.9 Å². The fourth-order valence-corrected chi connectivity index (χ4v) is 4.79. The molecular weight excluding hydrogens is 388 g/mol. The van der Waals surface area contributed by atoms with Gasteiger partial charge in [-0.1, -0.05) is 12.1 Å². The SMILES string of the molecule is CNCC1CCN(C(=O)CC(C)N=C2NS(=O)(=O)c3ccccc32)CC1.Cl. The van der Waals surface area contributed by atoms with Gasteiger partial charge >= 0.3 is 0 Å². The molecule has 0 bridgehead atoms. The lowest BCUT2D eigenvalue weighted by atomic mass is 9.96. The second kappa shape index (κ2) is 9.03. The van der Waals surface area contributed by atoms with Crippen molar-refractivity contribution in [1.29, 1.82) is 0 Å². The smallest absolute Gasteiger partial charge is 0.263 e. The summed E-state index contributed by atoms with van der Waals surface area (Å²) in [5.41, 5.74) is 0.569. The molecule has 0 spiro atoms. The average Bonchev–Trinajstić information content (AvgIpc) is 2.86. The van der Waals surface area contributed by atoms with Crippen molar-refractivity contribution in [2.45, 2.75) is 37.1 Å². The van der Waals surface area contributed by atoms with E-state index in [1.165, 1.54) is 0 Å². The molecule has 27 heavy (non-hydrogen) atoms. The minimum Gasteiger partial charge on any atom is -0.343 e. The van der Waals surface area contributed by atoms with Crippen LogP contribution in [0, 0.1) is 5.92 Å². The Kier molecular flexibility index (Phi) is 7.25. The third kappa shape index (κ3) is 5.00. The summed E-state index contributed by atoms with van der Waals surface area (Å²) in [5, 5.41) is 3.19. The van der Waals surface area contributed by atoms with Crippen LogP contribution < -0.4 is 10.0 Å². The summed E-state index contributed by atoms with van der Waals surface area (Å²) in [6.07, 6.45) is 2.31. The number of amides is 1. The molecule has 1 amide bonds. The van der Waals surface area contributed by atoms with Crippen molar-refractivity contribution < 1.29 is 13.2 Å². The van der Waals surface area contributed by atoms with E-state index in [2.05, 4.69) is 15.0 Å². The minimum absolute atomic E-state index is 0. The third-order valence-corrected chi connectivity index (χ3v) is 6.34. The molecule has 0 aliphatic carbocycles. The number of carbonyl (C=O) groups excluding carboxylic acids is 1. The summed E-state index contributed by atoms with van der Waals surface area (Å²) in [5.74, 6) is 1.04. The first kappa shape index (κ1) is 21.7. The van der Waals surface area contributed by atoms with E-state index in [1.807, 2.05) is 18.9 Å². The van der Waals surface area contributed by atoms with Crippen molar-refractivity contribution in [2.75, 3.05) is 26.7 Å². The number of hydrogen-bond acceptors (Lipinski definition) is 5. The van der Waals surface area contributed by atoms with Gasteiger partial charge in [0.15, 0.2) is 0 Å². The molecule has 1 aromatic rings. The number of hydrogen-bond donors (Lipinski definition) is 2. The zero-order valence-electron chi connectivity index (χ0n) is 15.6. The second-order valence-electron chi connectivity index (χ2n) is 7.01. The number of piperidine rings is 1. The van der Waals surface area contributed by atoms with Crippen molar-refractivity contribution in [2.24, 2.45) is 10.9 Å². The van der Waals surface area contributed by atoms with Gasteiger partial charge in [-0.05, 0) is 51.4 Å². The summed E-state index contributed by atoms with van der Waals surface area (Å²) in [7, 11) is -1.59. The lowest BCUT2D eigenvalue weighted by Crippen LogP contribution is -2.41. The maximum absolute atomic E-state index is 12.5. The van der Waals surface area contributed by atoms with E-state index in [4.69, 9.17) is 0 Å². The van der Waals surface area contributed by atoms with Crippen LogP contribution in [0.5, 0.6) is 0 Å². The Bertz CT molecular complexity index is 805. The van der Waals surface area contributed by atoms with Crippen LogP contribution in [0.1, 0.15) is 31.7 Å². The summed E-state index contributed by atoms with van der Waals surface area (Å²) in [4.78, 5) is 19.1. The molecule has 1 saturated heterocycles. The lowest BCUT2D eigenvalue weighted by molar-refractivity contribution is -0.132. The highest BCUT2D eigenvalue weighted by molar-refractivity contribution is 7.90. The van der Waals surface area contributed by atoms with E-state index in [0.717, 1.165) is 32.5 Å². The van der Waals surface area contributed by atoms with E-state index in [1.54, 1.807) is 24.3 Å². The quantitative estimate of drug-likeness (QED) is 0.761. The van der Waals surface area contributed by atoms with Gasteiger partial charge in [-0.15, -0.1) is 12.4 Å². The summed E-state index contributed by atoms with van der Waals surface area (Å²) in [6, 6.07) is 6.47. The van der Waals surface area contributed by atoms with Gasteiger partial charge in [-0.25, -0.2) is 8.42 Å². The molecule has 9 heteroatoms. The number of fused-ring (bicyclic) bond motifs is 1. The number of nitrogens with zero attached hydrogens (tertiary/aromatic N) is 2. The first-order valence-corrected chi connectivity index (χ1v) is 10.5. The van der Waals surface area contributed by atoms with Crippen LogP contribution in [-0.4, -0.2) is 57.8 Å². The monoisotopic (exact) mass is 414 g/mol. The molecule has 0 saturated carbocycles. The molecular formula is C18H27ClN4O3S. The fraction of sp³-hybridized carbons (Fsp3) is 0.556. The highest BCUT2D eigenvalue weighted by atomic mass is 35.5. The third-order valence-electron chi connectivity index (χ3n) is 4.94. The average molecular weight is 415 g/mol. The molecule has 150 valence electrons. The van der Waals surface area contributed by atoms with Gasteiger partial charge in [0.2, 0.25) is 5.91 Å². The van der Waals surface area contributed by atoms with Crippen LogP contribution >= 0.6 is 12.4 Å². The first-order chi connectivity index (χ1) is 12.4. The molecule has 1 unspecified atom stereocenters. The maximum atomic E-state index is 12.5. The van der Waals surface area contributed by atoms with E-state index < -0.39 is 10.0 Å². The minimum atomic E-state index is -3.54. The molecule has 2 N–H and O–H groups in total. The standard InChI is InChI=1S/C18H26N4O3S.ClH/c1-13(11-17(23)22-9-7-14(8-10-22)12-19-2)20-18-15-5-3-4-6-16(15)26(24,25)21-18;/h3-6,13-14,19H,7-12H2,1-2H3,(H,20,21);1H. The van der Waals surface area contributed by atoms with Crippen LogP contribution in [0.25, 0.3) is 0 Å². The van der Waals surface area contributed by atoms with Crippen LogP contribution in [0.2, 0.25) is 0 Å². The van der Waals surface area contributed by atoms with E-state index in [9.17, 15) is 13.2 Å². The highest BCUT2D eigenvalue weighted by Gasteiger charge is 2.31. The maximum Gasteiger partial charge on any atom is 0.263 e. The largest absolute Gasteiger partial charge is 0.343 e. The predicted octanol–water partition coefficient (Wildman–Crippen LogP) is 1.38. The molecule has 2 aliphatic rings. The van der Waals surface area contributed by atoms with Crippen molar-refractivity contribution >= 4 is 34.2 Å². The summed E-state index contributed by atoms with van der Waals surface area (Å²) in [6.45, 7) is 4.40. The Hall–Kier alpha value is -1.64. The van der Waals surface area contributed by atoms with Crippen molar-refractivity contribution in [3.05, 3.63) is 29.8 Å². The summed E-state index contributed by atoms with van der Waals surface area (Å²) >= 11 is 0. The number of amidine groups is 1. The molecule has 0 aromatic heterocycles. The number of aliphatic imine (C=N–C) groups is 1. The number of likely N-dealkylation sites (tertiary alicyclic amines) is 1. The van der Waals surface area contributed by atoms with Crippen molar-refractivity contribution in [3.63, 3.8) is 0 Å². The van der Waals surface area contributed by atoms with Crippen LogP contribution in [-0.2, 0) is 14.8 Å². The number of rotatable bonds is 5. The highest BCUT2D eigenvalue weighted by Crippen LogP contribution is 2.23. The lowest BCUT2D eigenvalue weighted by Gasteiger charge is -2.32. The number of benzene rings is 1. The van der Waals surface area contributed by atoms with E-state index in [0.29, 0.717) is 17.3 Å². The molecule has 2 aliphatic heterocycles. The molecule has 3 rings (SSSR count). The van der Waals surface area contributed by atoms with Gasteiger partial charge < -0.3 is 10.2 Å². The van der Waals surface area contributed by atoms with Gasteiger partial charge in [-0.3, -0.25) is 14.5 Å². The van der Waals surface area contributed by atoms with Gasteiger partial charge in [-0.2, -0.15) is 0 Å². The van der Waals surface area contributed by atoms with Gasteiger partial charge in [0.25, 0.3) is 10.0 Å². The fourth-order valence-electron chi connectivity index (χ4n) is 3.55. The molecule has 0 radical (unpaired) electrons. The topological polar surface area (TPSA) is 90.9 Å². The van der Waals surface area contributed by atoms with Crippen LogP contribution in [0.15, 0.2) is 34.2 Å². The molecule has 7 nitrogen and oxygen atoms in total. The number of sulfonamides is 1. The number of nitrogens with one attached hydrogen (secondary N) is 2. The first-order valence-electron chi connectivity index (χ1n) is 9.03. The molecule has 1 aromatic carbocycles. The summed E-state index contributed by atoms with van der Waals surface area (Å²) < 4.78 is 26.7. The molecule has 1 atom stereocenters. The van der Waals surface area contributed by atoms with Crippen LogP contribution in [0.3, 0.4) is 0 Å². The number of halogens is 1. The Morgan fingerprint density at radius 3 is 2.67 bits per heavy atom. The molecule has 2 heterocycles. The zero-order chi connectivity index (χ0) is 18.7. The van der Waals surface area contributed by atoms with Gasteiger partial charge in [0.1, 0.15) is 5.84 Å². The van der Waals surface area contributed by atoms with Gasteiger partial charge in [0, 0.05) is 25.1 Å². The Labute approximate surface area is 167 Å². The van der Waals surface area contributed by atoms with Crippen molar-refractivity contribution in [1.82, 2.24) is 14.9 Å². The molecule has 1 fully saturated rings. The van der Waals surface area contributed by atoms with Crippen molar-refractivity contribution in [3.8, 4) is 0 Å². The van der Waals surface area contributed by atoms with E-state index >= 15 is 0 Å². The normalized spacial score (nSPS) is 21.3. The Balaban J connectivity index is 0.00000261. The van der Waals surface area contributed by atoms with E-state index in [-0.39, 0.29) is 35.7 Å². The Morgan fingerprint density at radius 1 is 1.33 bits per heavy atom. The Morgan fingerprint density at radius 2 is 2.00 bits per heavy atom. The zero-order valence-corrected chi connectivity index (χ0v) is 17.3. The van der Waals surface area contributed by atoms with Crippen LogP contribution in [0.4, 0.5) is 0 Å². The number of carbonyl (C=O) groups is 1.